The quantitative estimate of drug-likeness (QED) is 0.870. The Bertz CT molecular complexity index is 470. The van der Waals surface area contributed by atoms with E-state index in [0.717, 1.165) is 17.9 Å². The first-order valence-corrected chi connectivity index (χ1v) is 5.60. The molecule has 90 valence electrons. The van der Waals surface area contributed by atoms with Gasteiger partial charge in [-0.05, 0) is 26.8 Å². The van der Waals surface area contributed by atoms with Gasteiger partial charge in [0, 0.05) is 23.8 Å². The molecule has 2 aromatic heterocycles. The molecule has 0 aliphatic heterocycles. The van der Waals surface area contributed by atoms with Crippen LogP contribution in [0.5, 0.6) is 0 Å². The second-order valence-corrected chi connectivity index (χ2v) is 4.93. The highest BCUT2D eigenvalue weighted by atomic mass is 15.3. The molecule has 0 radical (unpaired) electrons. The lowest BCUT2D eigenvalue weighted by atomic mass is 10.1. The lowest BCUT2D eigenvalue weighted by Crippen LogP contribution is -2.35. The highest BCUT2D eigenvalue weighted by Gasteiger charge is 2.11. The number of nitrogens with zero attached hydrogens (tertiary/aromatic N) is 4. The van der Waals surface area contributed by atoms with Gasteiger partial charge in [-0.15, -0.1) is 0 Å². The van der Waals surface area contributed by atoms with Crippen molar-refractivity contribution in [3.05, 3.63) is 36.5 Å². The second-order valence-electron chi connectivity index (χ2n) is 4.93. The van der Waals surface area contributed by atoms with Crippen molar-refractivity contribution in [1.82, 2.24) is 25.1 Å². The van der Waals surface area contributed by atoms with Gasteiger partial charge in [0.25, 0.3) is 0 Å². The Labute approximate surface area is 101 Å². The van der Waals surface area contributed by atoms with E-state index < -0.39 is 0 Å². The van der Waals surface area contributed by atoms with E-state index in [9.17, 15) is 0 Å². The summed E-state index contributed by atoms with van der Waals surface area (Å²) in [4.78, 5) is 8.28. The first kappa shape index (κ1) is 11.7. The van der Waals surface area contributed by atoms with E-state index >= 15 is 0 Å². The summed E-state index contributed by atoms with van der Waals surface area (Å²) < 4.78 is 1.68. The minimum atomic E-state index is 0.0788. The standard InChI is InChI=1S/C12H17N5/c1-12(2,3)15-7-10-5-4-6-14-11(10)17-9-13-8-16-17/h4-6,8-9,15H,7H2,1-3H3. The van der Waals surface area contributed by atoms with Crippen LogP contribution in [0.25, 0.3) is 5.82 Å². The average molecular weight is 231 g/mol. The molecular formula is C12H17N5. The Hall–Kier alpha value is -1.75. The van der Waals surface area contributed by atoms with Crippen LogP contribution < -0.4 is 5.32 Å². The molecule has 0 aliphatic carbocycles. The summed E-state index contributed by atoms with van der Waals surface area (Å²) in [5, 5.41) is 7.55. The van der Waals surface area contributed by atoms with E-state index in [-0.39, 0.29) is 5.54 Å². The van der Waals surface area contributed by atoms with Crippen LogP contribution in [-0.4, -0.2) is 25.3 Å². The molecule has 0 spiro atoms. The van der Waals surface area contributed by atoms with Crippen molar-refractivity contribution in [3.8, 4) is 5.82 Å². The number of nitrogens with one attached hydrogen (secondary N) is 1. The summed E-state index contributed by atoms with van der Waals surface area (Å²) >= 11 is 0. The molecule has 2 rings (SSSR count). The third-order valence-corrected chi connectivity index (χ3v) is 2.31. The predicted molar refractivity (Wildman–Crippen MR) is 65.7 cm³/mol. The summed E-state index contributed by atoms with van der Waals surface area (Å²) in [5.41, 5.74) is 1.18. The van der Waals surface area contributed by atoms with Crippen molar-refractivity contribution in [1.29, 1.82) is 0 Å². The van der Waals surface area contributed by atoms with Crippen LogP contribution >= 0.6 is 0 Å². The number of aromatic nitrogens is 4. The van der Waals surface area contributed by atoms with Gasteiger partial charge in [-0.25, -0.2) is 14.6 Å². The molecule has 0 bridgehead atoms. The Kier molecular flexibility index (Phi) is 3.19. The van der Waals surface area contributed by atoms with Gasteiger partial charge in [-0.3, -0.25) is 0 Å². The zero-order valence-electron chi connectivity index (χ0n) is 10.4. The Morgan fingerprint density at radius 3 is 2.82 bits per heavy atom. The fourth-order valence-electron chi connectivity index (χ4n) is 1.45. The lowest BCUT2D eigenvalue weighted by Gasteiger charge is -2.21. The minimum absolute atomic E-state index is 0.0788. The average Bonchev–Trinajstić information content (AvgIpc) is 2.79. The molecular weight excluding hydrogens is 214 g/mol. The third-order valence-electron chi connectivity index (χ3n) is 2.31. The third kappa shape index (κ3) is 3.10. The molecule has 0 fully saturated rings. The summed E-state index contributed by atoms with van der Waals surface area (Å²) in [6.45, 7) is 7.17. The lowest BCUT2D eigenvalue weighted by molar-refractivity contribution is 0.423. The van der Waals surface area contributed by atoms with Crippen LogP contribution in [0, 0.1) is 0 Å². The number of rotatable bonds is 3. The van der Waals surface area contributed by atoms with Gasteiger partial charge in [0.15, 0.2) is 5.82 Å². The molecule has 5 nitrogen and oxygen atoms in total. The van der Waals surface area contributed by atoms with E-state index in [1.54, 1.807) is 17.2 Å². The molecule has 17 heavy (non-hydrogen) atoms. The smallest absolute Gasteiger partial charge is 0.159 e. The SMILES string of the molecule is CC(C)(C)NCc1cccnc1-n1cncn1. The zero-order valence-corrected chi connectivity index (χ0v) is 10.4. The molecule has 0 unspecified atom stereocenters. The molecule has 0 aromatic carbocycles. The predicted octanol–water partition coefficient (Wildman–Crippen LogP) is 1.55. The Morgan fingerprint density at radius 2 is 2.18 bits per heavy atom. The summed E-state index contributed by atoms with van der Waals surface area (Å²) in [5.74, 6) is 0.821. The summed E-state index contributed by atoms with van der Waals surface area (Å²) in [6.07, 6.45) is 4.93. The Morgan fingerprint density at radius 1 is 1.35 bits per heavy atom. The van der Waals surface area contributed by atoms with Gasteiger partial charge in [0.1, 0.15) is 12.7 Å². The van der Waals surface area contributed by atoms with Crippen LogP contribution in [0.3, 0.4) is 0 Å². The monoisotopic (exact) mass is 231 g/mol. The van der Waals surface area contributed by atoms with Gasteiger partial charge < -0.3 is 5.32 Å². The van der Waals surface area contributed by atoms with Crippen molar-refractivity contribution >= 4 is 0 Å². The fourth-order valence-corrected chi connectivity index (χ4v) is 1.45. The van der Waals surface area contributed by atoms with Crippen LogP contribution in [0.4, 0.5) is 0 Å². The summed E-state index contributed by atoms with van der Waals surface area (Å²) in [7, 11) is 0. The van der Waals surface area contributed by atoms with Crippen molar-refractivity contribution in [3.63, 3.8) is 0 Å². The van der Waals surface area contributed by atoms with Crippen molar-refractivity contribution in [2.75, 3.05) is 0 Å². The molecule has 2 heterocycles. The minimum Gasteiger partial charge on any atom is -0.308 e. The second kappa shape index (κ2) is 4.63. The van der Waals surface area contributed by atoms with E-state index in [1.807, 2.05) is 12.1 Å². The van der Waals surface area contributed by atoms with Crippen LogP contribution in [0.15, 0.2) is 31.0 Å². The molecule has 1 N–H and O–H groups in total. The zero-order chi connectivity index (χ0) is 12.3. The maximum Gasteiger partial charge on any atom is 0.159 e. The van der Waals surface area contributed by atoms with Crippen molar-refractivity contribution < 1.29 is 0 Å². The number of pyridine rings is 1. The number of hydrogen-bond acceptors (Lipinski definition) is 4. The Balaban J connectivity index is 2.23. The van der Waals surface area contributed by atoms with Gasteiger partial charge in [-0.1, -0.05) is 6.07 Å². The molecule has 0 atom stereocenters. The summed E-state index contributed by atoms with van der Waals surface area (Å²) in [6, 6.07) is 3.98. The van der Waals surface area contributed by atoms with Crippen LogP contribution in [-0.2, 0) is 6.54 Å². The molecule has 2 aromatic rings. The van der Waals surface area contributed by atoms with Gasteiger partial charge in [0.05, 0.1) is 0 Å². The maximum atomic E-state index is 4.34. The van der Waals surface area contributed by atoms with E-state index in [4.69, 9.17) is 0 Å². The topological polar surface area (TPSA) is 55.6 Å². The van der Waals surface area contributed by atoms with E-state index in [2.05, 4.69) is 41.2 Å². The van der Waals surface area contributed by atoms with Crippen molar-refractivity contribution in [2.45, 2.75) is 32.9 Å². The molecule has 5 heteroatoms. The van der Waals surface area contributed by atoms with Gasteiger partial charge in [0.2, 0.25) is 0 Å². The number of hydrogen-bond donors (Lipinski definition) is 1. The van der Waals surface area contributed by atoms with Crippen molar-refractivity contribution in [2.24, 2.45) is 0 Å². The van der Waals surface area contributed by atoms with Crippen LogP contribution in [0.1, 0.15) is 26.3 Å². The fraction of sp³-hybridized carbons (Fsp3) is 0.417. The molecule has 0 saturated heterocycles. The molecule has 0 saturated carbocycles. The van der Waals surface area contributed by atoms with Crippen LogP contribution in [0.2, 0.25) is 0 Å². The normalized spacial score (nSPS) is 11.7. The van der Waals surface area contributed by atoms with E-state index in [1.165, 1.54) is 6.33 Å². The highest BCUT2D eigenvalue weighted by molar-refractivity contribution is 5.32. The first-order chi connectivity index (χ1) is 8.06. The van der Waals surface area contributed by atoms with Gasteiger partial charge in [-0.2, -0.15) is 5.10 Å². The highest BCUT2D eigenvalue weighted by Crippen LogP contribution is 2.11. The largest absolute Gasteiger partial charge is 0.308 e. The maximum absolute atomic E-state index is 4.34. The molecule has 0 aliphatic rings. The van der Waals surface area contributed by atoms with Gasteiger partial charge >= 0.3 is 0 Å². The first-order valence-electron chi connectivity index (χ1n) is 5.60. The van der Waals surface area contributed by atoms with E-state index in [0.29, 0.717) is 0 Å². The molecule has 0 amide bonds.